The van der Waals surface area contributed by atoms with Crippen molar-refractivity contribution in [2.45, 2.75) is 19.4 Å². The predicted octanol–water partition coefficient (Wildman–Crippen LogP) is 3.71. The Balaban J connectivity index is 1.61. The molecule has 6 heteroatoms. The monoisotopic (exact) mass is 657 g/mol. The molecule has 0 atom stereocenters. The number of halogens is 1. The summed E-state index contributed by atoms with van der Waals surface area (Å²) in [6.45, 7) is 4.63. The van der Waals surface area contributed by atoms with Gasteiger partial charge >= 0.3 is 120 Å². The molecule has 0 spiro atoms. The van der Waals surface area contributed by atoms with E-state index >= 15 is 0 Å². The minimum absolute atomic E-state index is 0.588. The Labute approximate surface area is 199 Å². The van der Waals surface area contributed by atoms with E-state index < -0.39 is 0 Å². The van der Waals surface area contributed by atoms with Gasteiger partial charge in [0, 0.05) is 10.9 Å². The molecule has 0 unspecified atom stereocenters. The van der Waals surface area contributed by atoms with Crippen molar-refractivity contribution in [3.8, 4) is 11.5 Å². The number of alkyl halides is 1. The molecule has 4 nitrogen and oxygen atoms in total. The van der Waals surface area contributed by atoms with Crippen molar-refractivity contribution in [2.24, 2.45) is 0 Å². The predicted molar refractivity (Wildman–Crippen MR) is 124 cm³/mol. The zero-order chi connectivity index (χ0) is 21.0. The first-order valence-electron chi connectivity index (χ1n) is 10.1. The molecule has 0 aliphatic rings. The molecule has 2 aromatic rings. The SMILES string of the molecule is C[N+](C)(CCOCCOc1cc[c]([Pb])cc1)Cc1ccc(OCCCCBr)cc1. The fourth-order valence-electron chi connectivity index (χ4n) is 2.83. The first-order valence-corrected chi connectivity index (χ1v) is 13.2. The molecule has 0 saturated heterocycles. The van der Waals surface area contributed by atoms with Crippen LogP contribution in [0.1, 0.15) is 18.4 Å². The van der Waals surface area contributed by atoms with Gasteiger partial charge in [-0.2, -0.15) is 0 Å². The van der Waals surface area contributed by atoms with Gasteiger partial charge in [-0.15, -0.1) is 0 Å². The zero-order valence-corrected chi connectivity index (χ0v) is 23.0. The summed E-state index contributed by atoms with van der Waals surface area (Å²) >= 11 is 4.52. The van der Waals surface area contributed by atoms with Crippen LogP contribution in [0.2, 0.25) is 0 Å². The second kappa shape index (κ2) is 13.6. The third-order valence-corrected chi connectivity index (χ3v) is 6.38. The molecule has 0 saturated carbocycles. The first-order chi connectivity index (χ1) is 14.0. The Hall–Kier alpha value is -0.638. The van der Waals surface area contributed by atoms with Crippen molar-refractivity contribution in [1.29, 1.82) is 0 Å². The third-order valence-electron chi connectivity index (χ3n) is 4.52. The van der Waals surface area contributed by atoms with Crippen LogP contribution in [0.5, 0.6) is 11.5 Å². The fraction of sp³-hybridized carbons (Fsp3) is 0.478. The molecule has 0 heterocycles. The fourth-order valence-corrected chi connectivity index (χ4v) is 3.88. The van der Waals surface area contributed by atoms with Gasteiger partial charge < -0.3 is 4.74 Å². The summed E-state index contributed by atoms with van der Waals surface area (Å²) < 4.78 is 19.5. The number of ether oxygens (including phenoxy) is 3. The Morgan fingerprint density at radius 3 is 2.07 bits per heavy atom. The minimum Gasteiger partial charge on any atom is -0.494 e. The van der Waals surface area contributed by atoms with Crippen LogP contribution in [0, 0.1) is 0 Å². The topological polar surface area (TPSA) is 27.7 Å². The number of likely N-dealkylation sites (N-methyl/N-ethyl adjacent to an activating group) is 1. The van der Waals surface area contributed by atoms with Crippen LogP contribution in [0.4, 0.5) is 0 Å². The quantitative estimate of drug-likeness (QED) is 0.134. The van der Waals surface area contributed by atoms with Gasteiger partial charge in [-0.25, -0.2) is 0 Å². The van der Waals surface area contributed by atoms with Crippen LogP contribution in [0.15, 0.2) is 48.5 Å². The van der Waals surface area contributed by atoms with E-state index in [1.54, 1.807) is 0 Å². The second-order valence-electron chi connectivity index (χ2n) is 7.69. The maximum atomic E-state index is 5.78. The van der Waals surface area contributed by atoms with Crippen LogP contribution in [-0.2, 0) is 11.3 Å². The molecule has 0 bridgehead atoms. The minimum atomic E-state index is 0.588. The second-order valence-corrected chi connectivity index (χ2v) is 10.7. The zero-order valence-electron chi connectivity index (χ0n) is 17.5. The van der Waals surface area contributed by atoms with Gasteiger partial charge in [-0.1, -0.05) is 15.9 Å². The summed E-state index contributed by atoms with van der Waals surface area (Å²) in [4.78, 5) is 0. The molecule has 2 rings (SSSR count). The van der Waals surface area contributed by atoms with Crippen molar-refractivity contribution in [3.63, 3.8) is 0 Å². The number of benzene rings is 2. The molecule has 0 amide bonds. The summed E-state index contributed by atoms with van der Waals surface area (Å²) in [7, 11) is 4.47. The summed E-state index contributed by atoms with van der Waals surface area (Å²) in [6, 6.07) is 16.8. The molecule has 0 N–H and O–H groups in total. The normalized spacial score (nSPS) is 11.4. The molecule has 157 valence electrons. The summed E-state index contributed by atoms with van der Waals surface area (Å²) in [5.74, 6) is 1.87. The van der Waals surface area contributed by atoms with E-state index in [0.29, 0.717) is 13.2 Å². The number of nitrogens with zero attached hydrogens (tertiary/aromatic N) is 1. The average molecular weight is 658 g/mol. The average Bonchev–Trinajstić information content (AvgIpc) is 2.70. The standard InChI is InChI=1S/C23H32BrNO3.Pb/c1-25(2,15-17-26-18-19-28-22-8-4-3-5-9-22)20-21-10-12-23(13-11-21)27-16-7-6-14-24;/h4-5,8-13H,6-7,14-20H2,1-2H3;/q+1;. The Bertz CT molecular complexity index is 692. The molecule has 0 fully saturated rings. The van der Waals surface area contributed by atoms with E-state index in [1.165, 1.54) is 8.69 Å². The van der Waals surface area contributed by atoms with E-state index in [0.717, 1.165) is 86.2 Å². The molecule has 29 heavy (non-hydrogen) atoms. The number of unbranched alkanes of at least 4 members (excludes halogenated alkanes) is 1. The molecule has 0 aromatic heterocycles. The van der Waals surface area contributed by atoms with E-state index in [-0.39, 0.29) is 0 Å². The first kappa shape index (κ1) is 24.6. The summed E-state index contributed by atoms with van der Waals surface area (Å²) in [6.07, 6.45) is 2.22. The smallest absolute Gasteiger partial charge is 0.494 e. The summed E-state index contributed by atoms with van der Waals surface area (Å²) in [5.41, 5.74) is 1.31. The van der Waals surface area contributed by atoms with Gasteiger partial charge in [0.2, 0.25) is 0 Å². The van der Waals surface area contributed by atoms with Crippen molar-refractivity contribution < 1.29 is 18.7 Å². The molecular formula is C23H32BrNO3Pb+. The number of hydrogen-bond donors (Lipinski definition) is 0. The van der Waals surface area contributed by atoms with Crippen molar-refractivity contribution >= 4 is 44.8 Å². The number of quaternary nitrogens is 1. The number of hydrogen-bond acceptors (Lipinski definition) is 3. The van der Waals surface area contributed by atoms with Crippen LogP contribution < -0.4 is 12.6 Å². The summed E-state index contributed by atoms with van der Waals surface area (Å²) in [5, 5.41) is 1.03. The van der Waals surface area contributed by atoms with E-state index in [9.17, 15) is 0 Å². The van der Waals surface area contributed by atoms with Crippen LogP contribution >= 0.6 is 15.9 Å². The van der Waals surface area contributed by atoms with Gasteiger partial charge in [0.1, 0.15) is 5.75 Å². The van der Waals surface area contributed by atoms with Gasteiger partial charge in [0.15, 0.2) is 0 Å². The van der Waals surface area contributed by atoms with Gasteiger partial charge in [-0.05, 0) is 37.1 Å². The molecule has 2 aromatic carbocycles. The third kappa shape index (κ3) is 10.8. The molecule has 0 aliphatic heterocycles. The Kier molecular flexibility index (Phi) is 11.6. The maximum absolute atomic E-state index is 5.78. The van der Waals surface area contributed by atoms with Gasteiger partial charge in [0.05, 0.1) is 6.61 Å². The van der Waals surface area contributed by atoms with E-state index in [2.05, 4.69) is 66.4 Å². The van der Waals surface area contributed by atoms with Crippen molar-refractivity contribution in [2.75, 3.05) is 52.4 Å². The van der Waals surface area contributed by atoms with Crippen LogP contribution in [0.25, 0.3) is 0 Å². The van der Waals surface area contributed by atoms with Crippen LogP contribution in [0.3, 0.4) is 0 Å². The Morgan fingerprint density at radius 2 is 1.41 bits per heavy atom. The molecular weight excluding hydrogens is 625 g/mol. The van der Waals surface area contributed by atoms with E-state index in [1.807, 2.05) is 12.1 Å². The number of rotatable bonds is 14. The Morgan fingerprint density at radius 1 is 0.793 bits per heavy atom. The van der Waals surface area contributed by atoms with Crippen molar-refractivity contribution in [1.82, 2.24) is 0 Å². The molecule has 0 aliphatic carbocycles. The van der Waals surface area contributed by atoms with Gasteiger partial charge in [0.25, 0.3) is 0 Å². The van der Waals surface area contributed by atoms with Crippen molar-refractivity contribution in [3.05, 3.63) is 54.1 Å². The van der Waals surface area contributed by atoms with E-state index in [4.69, 9.17) is 14.2 Å². The molecule has 3 radical (unpaired) electrons. The van der Waals surface area contributed by atoms with Gasteiger partial charge in [-0.3, -0.25) is 0 Å². The van der Waals surface area contributed by atoms with Crippen LogP contribution in [-0.4, -0.2) is 82.6 Å².